The van der Waals surface area contributed by atoms with E-state index < -0.39 is 6.10 Å². The molecule has 1 unspecified atom stereocenters. The van der Waals surface area contributed by atoms with Crippen molar-refractivity contribution < 1.29 is 28.6 Å². The molecule has 1 atom stereocenters. The van der Waals surface area contributed by atoms with Crippen molar-refractivity contribution in [3.05, 3.63) is 36.5 Å². The van der Waals surface area contributed by atoms with Gasteiger partial charge in [-0.15, -0.1) is 0 Å². The molecule has 0 fully saturated rings. The van der Waals surface area contributed by atoms with Gasteiger partial charge in [0.2, 0.25) is 0 Å². The molecule has 65 heavy (non-hydrogen) atoms. The number of carbonyl (C=O) groups is 3. The molecule has 0 aromatic rings. The van der Waals surface area contributed by atoms with Crippen molar-refractivity contribution >= 4 is 17.9 Å². The van der Waals surface area contributed by atoms with Crippen molar-refractivity contribution in [2.45, 2.75) is 309 Å². The lowest BCUT2D eigenvalue weighted by atomic mass is 10.0. The highest BCUT2D eigenvalue weighted by atomic mass is 16.6. The Labute approximate surface area is 404 Å². The maximum atomic E-state index is 12.8. The Morgan fingerprint density at radius 3 is 0.923 bits per heavy atom. The van der Waals surface area contributed by atoms with E-state index in [-0.39, 0.29) is 31.1 Å². The fraction of sp³-hybridized carbons (Fsp3) is 0.847. The molecule has 6 nitrogen and oxygen atoms in total. The molecule has 0 aromatic heterocycles. The molecule has 0 heterocycles. The first-order chi connectivity index (χ1) is 32.0. The van der Waals surface area contributed by atoms with E-state index in [1.165, 1.54) is 180 Å². The lowest BCUT2D eigenvalue weighted by molar-refractivity contribution is -0.167. The Balaban J connectivity index is 4.32. The van der Waals surface area contributed by atoms with Crippen LogP contribution in [0.2, 0.25) is 0 Å². The Bertz CT molecular complexity index is 1090. The van der Waals surface area contributed by atoms with Crippen LogP contribution < -0.4 is 0 Å². The Kier molecular flexibility index (Phi) is 52.3. The molecule has 0 saturated heterocycles. The summed E-state index contributed by atoms with van der Waals surface area (Å²) in [7, 11) is 0. The zero-order chi connectivity index (χ0) is 47.2. The van der Waals surface area contributed by atoms with Gasteiger partial charge in [-0.3, -0.25) is 14.4 Å². The van der Waals surface area contributed by atoms with Gasteiger partial charge in [-0.25, -0.2) is 0 Å². The van der Waals surface area contributed by atoms with E-state index >= 15 is 0 Å². The molecule has 0 aromatic carbocycles. The third kappa shape index (κ3) is 52.5. The molecular weight excluding hydrogens is 805 g/mol. The summed E-state index contributed by atoms with van der Waals surface area (Å²) >= 11 is 0. The van der Waals surface area contributed by atoms with Crippen LogP contribution in [0.1, 0.15) is 303 Å². The monoisotopic (exact) mass is 913 g/mol. The van der Waals surface area contributed by atoms with Crippen LogP contribution in [0, 0.1) is 0 Å². The quantitative estimate of drug-likeness (QED) is 0.0262. The molecule has 0 aliphatic carbocycles. The Hall–Kier alpha value is -2.37. The van der Waals surface area contributed by atoms with E-state index in [0.717, 1.165) is 83.5 Å². The Morgan fingerprint density at radius 1 is 0.323 bits per heavy atom. The van der Waals surface area contributed by atoms with Gasteiger partial charge in [0.1, 0.15) is 13.2 Å². The molecule has 6 heteroatoms. The first-order valence-corrected chi connectivity index (χ1v) is 28.5. The van der Waals surface area contributed by atoms with Crippen LogP contribution in [-0.4, -0.2) is 37.2 Å². The topological polar surface area (TPSA) is 78.9 Å². The normalized spacial score (nSPS) is 12.2. The molecule has 0 radical (unpaired) electrons. The molecular formula is C59H108O6. The summed E-state index contributed by atoms with van der Waals surface area (Å²) in [5.41, 5.74) is 0. The summed E-state index contributed by atoms with van der Waals surface area (Å²) in [6.07, 6.45) is 64.2. The minimum Gasteiger partial charge on any atom is -0.462 e. The van der Waals surface area contributed by atoms with Gasteiger partial charge >= 0.3 is 17.9 Å². The van der Waals surface area contributed by atoms with Gasteiger partial charge in [-0.1, -0.05) is 282 Å². The number of hydrogen-bond donors (Lipinski definition) is 0. The van der Waals surface area contributed by atoms with Crippen LogP contribution in [0.4, 0.5) is 0 Å². The number of rotatable bonds is 52. The van der Waals surface area contributed by atoms with Gasteiger partial charge in [0.25, 0.3) is 0 Å². The average molecular weight is 914 g/mol. The van der Waals surface area contributed by atoms with E-state index in [1.807, 2.05) is 0 Å². The van der Waals surface area contributed by atoms with E-state index in [0.29, 0.717) is 19.3 Å². The van der Waals surface area contributed by atoms with Gasteiger partial charge < -0.3 is 14.2 Å². The number of allylic oxidation sites excluding steroid dienone is 6. The second-order valence-corrected chi connectivity index (χ2v) is 19.2. The van der Waals surface area contributed by atoms with Crippen LogP contribution in [0.3, 0.4) is 0 Å². The van der Waals surface area contributed by atoms with Crippen LogP contribution in [0.25, 0.3) is 0 Å². The lowest BCUT2D eigenvalue weighted by Crippen LogP contribution is -2.30. The van der Waals surface area contributed by atoms with Gasteiger partial charge in [0.05, 0.1) is 0 Å². The van der Waals surface area contributed by atoms with Crippen molar-refractivity contribution in [3.8, 4) is 0 Å². The van der Waals surface area contributed by atoms with Crippen LogP contribution in [-0.2, 0) is 28.6 Å². The van der Waals surface area contributed by atoms with Crippen LogP contribution in [0.15, 0.2) is 36.5 Å². The van der Waals surface area contributed by atoms with Crippen molar-refractivity contribution in [1.29, 1.82) is 0 Å². The molecule has 0 rings (SSSR count). The standard InChI is InChI=1S/C59H108O6/c1-4-7-10-13-16-19-22-25-27-29-30-32-34-37-40-43-46-49-52-58(61)64-55-56(54-63-57(60)51-48-45-42-39-36-33-24-21-18-15-12-9-6-3)65-59(62)53-50-47-44-41-38-35-31-28-26-23-20-17-14-11-8-5-2/h9,12,15,18,21,24,56H,4-8,10-11,13-14,16-17,19-20,22-23,25-55H2,1-3H3/b12-9+,18-15+,24-21+. The predicted octanol–water partition coefficient (Wildman–Crippen LogP) is 18.9. The summed E-state index contributed by atoms with van der Waals surface area (Å²) in [5, 5.41) is 0. The fourth-order valence-corrected chi connectivity index (χ4v) is 8.45. The Morgan fingerprint density at radius 2 is 0.600 bits per heavy atom. The number of unbranched alkanes of at least 4 members (excludes halogenated alkanes) is 37. The molecule has 0 N–H and O–H groups in total. The maximum Gasteiger partial charge on any atom is 0.306 e. The van der Waals surface area contributed by atoms with E-state index in [2.05, 4.69) is 57.2 Å². The number of hydrogen-bond acceptors (Lipinski definition) is 6. The predicted molar refractivity (Wildman–Crippen MR) is 279 cm³/mol. The zero-order valence-electron chi connectivity index (χ0n) is 43.5. The third-order valence-corrected chi connectivity index (χ3v) is 12.7. The summed E-state index contributed by atoms with van der Waals surface area (Å²) in [6, 6.07) is 0. The van der Waals surface area contributed by atoms with Crippen molar-refractivity contribution in [3.63, 3.8) is 0 Å². The number of esters is 3. The molecule has 0 spiro atoms. The zero-order valence-corrected chi connectivity index (χ0v) is 43.5. The number of ether oxygens (including phenoxy) is 3. The molecule has 0 amide bonds. The summed E-state index contributed by atoms with van der Waals surface area (Å²) in [4.78, 5) is 38.1. The van der Waals surface area contributed by atoms with Gasteiger partial charge in [-0.05, 0) is 38.5 Å². The number of carbonyl (C=O) groups excluding carboxylic acids is 3. The van der Waals surface area contributed by atoms with E-state index in [9.17, 15) is 14.4 Å². The minimum absolute atomic E-state index is 0.0739. The molecule has 0 aliphatic rings. The van der Waals surface area contributed by atoms with Crippen molar-refractivity contribution in [1.82, 2.24) is 0 Å². The molecule has 0 aliphatic heterocycles. The molecule has 0 bridgehead atoms. The highest BCUT2D eigenvalue weighted by Crippen LogP contribution is 2.17. The molecule has 0 saturated carbocycles. The highest BCUT2D eigenvalue weighted by Gasteiger charge is 2.19. The summed E-state index contributed by atoms with van der Waals surface area (Å²) < 4.78 is 16.9. The van der Waals surface area contributed by atoms with Crippen LogP contribution >= 0.6 is 0 Å². The summed E-state index contributed by atoms with van der Waals surface area (Å²) in [6.45, 7) is 6.54. The van der Waals surface area contributed by atoms with Gasteiger partial charge in [-0.2, -0.15) is 0 Å². The second kappa shape index (κ2) is 54.2. The minimum atomic E-state index is -0.776. The van der Waals surface area contributed by atoms with Crippen molar-refractivity contribution in [2.75, 3.05) is 13.2 Å². The van der Waals surface area contributed by atoms with E-state index in [4.69, 9.17) is 14.2 Å². The van der Waals surface area contributed by atoms with Gasteiger partial charge in [0.15, 0.2) is 6.10 Å². The summed E-state index contributed by atoms with van der Waals surface area (Å²) in [5.74, 6) is -0.876. The maximum absolute atomic E-state index is 12.8. The second-order valence-electron chi connectivity index (χ2n) is 19.2. The fourth-order valence-electron chi connectivity index (χ4n) is 8.45. The lowest BCUT2D eigenvalue weighted by Gasteiger charge is -2.18. The largest absolute Gasteiger partial charge is 0.462 e. The smallest absolute Gasteiger partial charge is 0.306 e. The van der Waals surface area contributed by atoms with Crippen molar-refractivity contribution in [2.24, 2.45) is 0 Å². The SMILES string of the molecule is CC/C=C/C=C/C=C/CCCCCCCC(=O)OCC(COC(=O)CCCCCCCCCCCCCCCCCCCC)OC(=O)CCCCCCCCCCCCCCCCCC. The van der Waals surface area contributed by atoms with Gasteiger partial charge in [0, 0.05) is 19.3 Å². The first-order valence-electron chi connectivity index (χ1n) is 28.5. The van der Waals surface area contributed by atoms with E-state index in [1.54, 1.807) is 0 Å². The van der Waals surface area contributed by atoms with Crippen LogP contribution in [0.5, 0.6) is 0 Å². The highest BCUT2D eigenvalue weighted by molar-refractivity contribution is 5.71. The third-order valence-electron chi connectivity index (χ3n) is 12.7. The molecule has 380 valence electrons. The first kappa shape index (κ1) is 62.6. The average Bonchev–Trinajstić information content (AvgIpc) is 3.30.